The summed E-state index contributed by atoms with van der Waals surface area (Å²) < 4.78 is 6.04. The molecule has 0 saturated carbocycles. The number of primary amides is 1. The first-order valence-electron chi connectivity index (χ1n) is 32.1. The molecule has 9 atom stereocenters. The van der Waals surface area contributed by atoms with Crippen LogP contribution in [0.15, 0.2) is 72.1 Å². The van der Waals surface area contributed by atoms with Crippen molar-refractivity contribution in [1.82, 2.24) is 51.6 Å². The molecule has 10 N–H and O–H groups in total. The van der Waals surface area contributed by atoms with Crippen LogP contribution in [0.25, 0.3) is 0 Å². The number of likely N-dealkylation sites (N-methyl/N-ethyl adjacent to an activating group) is 1. The van der Waals surface area contributed by atoms with E-state index in [9.17, 15) is 53.1 Å². The van der Waals surface area contributed by atoms with E-state index in [-0.39, 0.29) is 116 Å². The second kappa shape index (κ2) is 37.3. The number of carbonyl (C=O) groups is 11. The lowest BCUT2D eigenvalue weighted by Crippen LogP contribution is -2.59. The second-order valence-electron chi connectivity index (χ2n) is 24.7. The third-order valence-electron chi connectivity index (χ3n) is 16.9. The largest absolute Gasteiger partial charge is 0.481 e. The first kappa shape index (κ1) is 74.5. The Morgan fingerprint density at radius 1 is 0.804 bits per heavy atom. The van der Waals surface area contributed by atoms with Crippen molar-refractivity contribution in [2.45, 2.75) is 181 Å². The molecular weight excluding hydrogens is 1200 g/mol. The van der Waals surface area contributed by atoms with Gasteiger partial charge in [-0.15, -0.1) is 11.3 Å². The molecule has 0 bridgehead atoms. The van der Waals surface area contributed by atoms with Gasteiger partial charge in [-0.05, 0) is 112 Å². The maximum absolute atomic E-state index is 15.6. The zero-order chi connectivity index (χ0) is 67.6. The summed E-state index contributed by atoms with van der Waals surface area (Å²) in [4.78, 5) is 155. The number of unbranched alkanes of at least 4 members (excludes halogenated alkanes) is 2. The van der Waals surface area contributed by atoms with Crippen molar-refractivity contribution in [1.29, 1.82) is 0 Å². The standard InChI is InChI=1S/C66H96N12O13S/c1-10-42(6)57(75-60(84)50-23-16-18-33-76(50)9)63(86)77(51(40(2)3)38-52(91-66(90)68-8)62-73-49(39-92-62)59(83)71-47(36-43(7)64(87)88)37-45-20-13-11-14-21-45)35-31-44-25-27-46(28-26-44)70-58(82)48(22-19-32-69-65(67)89)72-61(85)56(41(4)5)74-53(79)24-15-12-17-34-78-54(80)29-30-55(78)81/h11,13-14,20-21,25-30,39-43,47-48,50-52,56-57H,10,12,15-19,22-24,31-38H2,1-9H3,(H,68,90)(H,70,82)(H,71,83)(H,72,85)(H,74,79)(H,75,84)(H,87,88)(H3,67,69,89)/t42-,43+,47+,48-,50+,51+,52+,56-,57-/m0/s1. The number of nitrogens with one attached hydrogen (secondary N) is 7. The Labute approximate surface area is 543 Å². The highest BCUT2D eigenvalue weighted by atomic mass is 32.1. The minimum atomic E-state index is -1.12. The van der Waals surface area contributed by atoms with Gasteiger partial charge in [0.05, 0.1) is 12.0 Å². The van der Waals surface area contributed by atoms with Crippen molar-refractivity contribution in [2.24, 2.45) is 29.4 Å². The number of benzene rings is 2. The smallest absolute Gasteiger partial charge is 0.407 e. The van der Waals surface area contributed by atoms with Gasteiger partial charge < -0.3 is 57.7 Å². The number of aromatic nitrogens is 1. The molecule has 26 heteroatoms. The van der Waals surface area contributed by atoms with E-state index in [0.29, 0.717) is 44.2 Å². The normalized spacial score (nSPS) is 16.7. The number of nitrogens with zero attached hydrogens (tertiary/aromatic N) is 4. The lowest BCUT2D eigenvalue weighted by molar-refractivity contribution is -0.142. The van der Waals surface area contributed by atoms with Gasteiger partial charge in [0.25, 0.3) is 17.7 Å². The number of imide groups is 1. The SMILES string of the molecule is CC[C@H](C)[C@H](NC(=O)[C@H]1CCCCN1C)C(=O)N(CCc1ccc(NC(=O)[C@H](CCCNC(N)=O)NC(=O)[C@@H](NC(=O)CCCCCN2C(=O)C=CC2=O)C(C)C)cc1)[C@H](C[C@@H](OC(=O)NC)c1nc(C(=O)N[C@@H](Cc2ccccc2)C[C@@H](C)C(=O)O)cs1)C(C)C. The Morgan fingerprint density at radius 3 is 2.12 bits per heavy atom. The summed E-state index contributed by atoms with van der Waals surface area (Å²) in [5.74, 6) is -6.17. The van der Waals surface area contributed by atoms with Crippen LogP contribution in [0.2, 0.25) is 0 Å². The van der Waals surface area contributed by atoms with Gasteiger partial charge in [-0.1, -0.05) is 110 Å². The van der Waals surface area contributed by atoms with Crippen molar-refractivity contribution in [3.63, 3.8) is 0 Å². The van der Waals surface area contributed by atoms with Gasteiger partial charge in [0, 0.05) is 74.8 Å². The zero-order valence-corrected chi connectivity index (χ0v) is 55.4. The molecule has 1 fully saturated rings. The summed E-state index contributed by atoms with van der Waals surface area (Å²) in [5.41, 5.74) is 7.37. The molecule has 2 aliphatic rings. The van der Waals surface area contributed by atoms with Crippen molar-refractivity contribution < 1.29 is 62.6 Å². The average molecular weight is 1300 g/mol. The molecule has 5 rings (SSSR count). The Hall–Kier alpha value is -8.26. The lowest BCUT2D eigenvalue weighted by Gasteiger charge is -2.40. The molecule has 0 aliphatic carbocycles. The van der Waals surface area contributed by atoms with E-state index in [4.69, 9.17) is 15.5 Å². The Balaban J connectivity index is 1.38. The minimum absolute atomic E-state index is 0.0311. The number of piperidine rings is 1. The highest BCUT2D eigenvalue weighted by molar-refractivity contribution is 7.09. The molecule has 11 amide bonds. The van der Waals surface area contributed by atoms with E-state index in [0.717, 1.165) is 46.7 Å². The second-order valence-corrected chi connectivity index (χ2v) is 25.6. The number of carboxylic acid groups (broad SMARTS) is 1. The first-order chi connectivity index (χ1) is 43.8. The number of thiazole rings is 1. The van der Waals surface area contributed by atoms with E-state index in [2.05, 4.69) is 37.2 Å². The minimum Gasteiger partial charge on any atom is -0.481 e. The maximum atomic E-state index is 15.6. The summed E-state index contributed by atoms with van der Waals surface area (Å²) in [7, 11) is 3.31. The van der Waals surface area contributed by atoms with Crippen molar-refractivity contribution in [2.75, 3.05) is 45.6 Å². The summed E-state index contributed by atoms with van der Waals surface area (Å²) in [6, 6.07) is 10.9. The highest BCUT2D eigenvalue weighted by Crippen LogP contribution is 2.32. The van der Waals surface area contributed by atoms with Gasteiger partial charge in [0.15, 0.2) is 6.10 Å². The Morgan fingerprint density at radius 2 is 1.50 bits per heavy atom. The van der Waals surface area contributed by atoms with Gasteiger partial charge in [-0.2, -0.15) is 0 Å². The third-order valence-corrected chi connectivity index (χ3v) is 17.8. The molecule has 0 spiro atoms. The third kappa shape index (κ3) is 23.5. The molecule has 3 aromatic rings. The molecule has 1 saturated heterocycles. The number of carboxylic acids is 1. The van der Waals surface area contributed by atoms with Crippen LogP contribution < -0.4 is 43.0 Å². The van der Waals surface area contributed by atoms with Crippen LogP contribution in [0.1, 0.15) is 158 Å². The molecular formula is C66H96N12O13S. The number of likely N-dealkylation sites (tertiary alicyclic amines) is 1. The number of carbonyl (C=O) groups excluding carboxylic acids is 10. The first-order valence-corrected chi connectivity index (χ1v) is 33.0. The molecule has 92 heavy (non-hydrogen) atoms. The fraction of sp³-hybridized carbons (Fsp3) is 0.576. The van der Waals surface area contributed by atoms with E-state index >= 15 is 4.79 Å². The van der Waals surface area contributed by atoms with Crippen LogP contribution in [0.3, 0.4) is 0 Å². The number of amides is 11. The number of hydrogen-bond acceptors (Lipinski definition) is 15. The number of ether oxygens (including phenoxy) is 1. The number of urea groups is 1. The van der Waals surface area contributed by atoms with Crippen LogP contribution in [-0.2, 0) is 55.9 Å². The van der Waals surface area contributed by atoms with Crippen LogP contribution in [0.5, 0.6) is 0 Å². The van der Waals surface area contributed by atoms with Gasteiger partial charge in [-0.25, -0.2) is 14.6 Å². The summed E-state index contributed by atoms with van der Waals surface area (Å²) in [6.45, 7) is 14.1. The summed E-state index contributed by atoms with van der Waals surface area (Å²) in [5, 5.41) is 31.2. The maximum Gasteiger partial charge on any atom is 0.407 e. The number of alkyl carbamates (subject to hydrolysis) is 1. The lowest BCUT2D eigenvalue weighted by atomic mass is 9.91. The molecule has 0 radical (unpaired) electrons. The number of rotatable bonds is 37. The van der Waals surface area contributed by atoms with Gasteiger partial charge in [0.1, 0.15) is 28.8 Å². The van der Waals surface area contributed by atoms with E-state index in [1.54, 1.807) is 55.3 Å². The van der Waals surface area contributed by atoms with Crippen LogP contribution in [-0.4, -0.2) is 167 Å². The zero-order valence-electron chi connectivity index (χ0n) is 54.6. The van der Waals surface area contributed by atoms with Crippen LogP contribution in [0, 0.1) is 23.7 Å². The van der Waals surface area contributed by atoms with Crippen LogP contribution >= 0.6 is 11.3 Å². The number of nitrogens with two attached hydrogens (primary N) is 1. The van der Waals surface area contributed by atoms with Gasteiger partial charge in [0.2, 0.25) is 29.5 Å². The Bertz CT molecular complexity index is 3000. The van der Waals surface area contributed by atoms with Crippen molar-refractivity contribution in [3.8, 4) is 0 Å². The van der Waals surface area contributed by atoms with Gasteiger partial charge >= 0.3 is 18.1 Å². The number of hydrogen-bond donors (Lipinski definition) is 9. The predicted octanol–water partition coefficient (Wildman–Crippen LogP) is 5.99. The van der Waals surface area contributed by atoms with Crippen molar-refractivity contribution >= 4 is 82.4 Å². The molecule has 25 nitrogen and oxygen atoms in total. The van der Waals surface area contributed by atoms with E-state index in [1.807, 2.05) is 70.0 Å². The quantitative estimate of drug-likeness (QED) is 0.0236. The Kier molecular flexibility index (Phi) is 30.2. The molecule has 0 unspecified atom stereocenters. The summed E-state index contributed by atoms with van der Waals surface area (Å²) >= 11 is 1.10. The summed E-state index contributed by atoms with van der Waals surface area (Å²) in [6.07, 6.45) is 6.35. The molecule has 2 aromatic carbocycles. The topological polar surface area (TPSA) is 350 Å². The molecule has 3 heterocycles. The van der Waals surface area contributed by atoms with Crippen molar-refractivity contribution in [3.05, 3.63) is 94.0 Å². The monoisotopic (exact) mass is 1300 g/mol. The fourth-order valence-electron chi connectivity index (χ4n) is 11.2. The predicted molar refractivity (Wildman–Crippen MR) is 348 cm³/mol. The molecule has 1 aromatic heterocycles. The molecule has 2 aliphatic heterocycles. The number of aliphatic carboxylic acids is 1. The fourth-order valence-corrected chi connectivity index (χ4v) is 12.0. The van der Waals surface area contributed by atoms with Crippen LogP contribution in [0.4, 0.5) is 15.3 Å². The highest BCUT2D eigenvalue weighted by Gasteiger charge is 2.40. The van der Waals surface area contributed by atoms with E-state index < -0.39 is 84.1 Å². The molecule has 504 valence electrons. The van der Waals surface area contributed by atoms with E-state index in [1.165, 1.54) is 19.2 Å². The number of anilines is 1. The average Bonchev–Trinajstić information content (AvgIpc) is 1.22. The van der Waals surface area contributed by atoms with Gasteiger partial charge in [-0.3, -0.25) is 53.0 Å².